The Morgan fingerprint density at radius 2 is 1.57 bits per heavy atom. The number of ether oxygens (including phenoxy) is 1. The van der Waals surface area contributed by atoms with Crippen molar-refractivity contribution in [2.75, 3.05) is 24.5 Å². The lowest BCUT2D eigenvalue weighted by atomic mass is 9.96. The second-order valence-electron chi connectivity index (χ2n) is 10.2. The Morgan fingerprint density at radius 1 is 0.886 bits per heavy atom. The Bertz CT molecular complexity index is 996. The van der Waals surface area contributed by atoms with Crippen LogP contribution in [0, 0.1) is 5.92 Å². The molecule has 0 radical (unpaired) electrons. The molecule has 1 saturated heterocycles. The lowest BCUT2D eigenvalue weighted by molar-refractivity contribution is 0.146. The fourth-order valence-corrected chi connectivity index (χ4v) is 5.30. The summed E-state index contributed by atoms with van der Waals surface area (Å²) in [6, 6.07) is 31.3. The lowest BCUT2D eigenvalue weighted by Crippen LogP contribution is -2.46. The predicted octanol–water partition coefficient (Wildman–Crippen LogP) is 7.73. The zero-order valence-corrected chi connectivity index (χ0v) is 21.8. The van der Waals surface area contributed by atoms with E-state index in [0.29, 0.717) is 24.6 Å². The van der Waals surface area contributed by atoms with Gasteiger partial charge in [-0.05, 0) is 54.9 Å². The lowest BCUT2D eigenvalue weighted by Gasteiger charge is -2.42. The minimum Gasteiger partial charge on any atom is -0.489 e. The van der Waals surface area contributed by atoms with E-state index < -0.39 is 0 Å². The molecule has 1 unspecified atom stereocenters. The van der Waals surface area contributed by atoms with Crippen LogP contribution >= 0.6 is 0 Å². The normalized spacial score (nSPS) is 15.8. The molecule has 0 N–H and O–H groups in total. The molecule has 3 heteroatoms. The molecular formula is C32H42N2O. The summed E-state index contributed by atoms with van der Waals surface area (Å²) in [5.41, 5.74) is 3.95. The third kappa shape index (κ3) is 7.11. The fourth-order valence-electron chi connectivity index (χ4n) is 5.30. The molecule has 1 aliphatic rings. The SMILES string of the molecule is CCC(c1ccccc1)N1CCC(N(CCC(C)C)c2cccc(OCc3ccccc3)c2)CC1. The summed E-state index contributed by atoms with van der Waals surface area (Å²) in [6.45, 7) is 11.0. The van der Waals surface area contributed by atoms with E-state index in [1.54, 1.807) is 0 Å². The number of piperidine rings is 1. The molecule has 3 nitrogen and oxygen atoms in total. The largest absolute Gasteiger partial charge is 0.489 e. The molecule has 0 bridgehead atoms. The van der Waals surface area contributed by atoms with Crippen molar-refractivity contribution in [3.05, 3.63) is 96.1 Å². The molecule has 1 heterocycles. The van der Waals surface area contributed by atoms with Crippen LogP contribution in [0.25, 0.3) is 0 Å². The average Bonchev–Trinajstić information content (AvgIpc) is 2.90. The standard InChI is InChI=1S/C32H42N2O/c1-4-32(28-14-9-6-10-15-28)33-21-19-29(20-22-33)34(23-18-26(2)3)30-16-11-17-31(24-30)35-25-27-12-7-5-8-13-27/h5-17,24,26,29,32H,4,18-23,25H2,1-3H3. The molecule has 0 amide bonds. The van der Waals surface area contributed by atoms with E-state index in [-0.39, 0.29) is 0 Å². The Kier molecular flexibility index (Phi) is 9.25. The van der Waals surface area contributed by atoms with Crippen molar-refractivity contribution < 1.29 is 4.74 Å². The number of anilines is 1. The number of hydrogen-bond acceptors (Lipinski definition) is 3. The summed E-state index contributed by atoms with van der Waals surface area (Å²) in [5, 5.41) is 0. The zero-order chi connectivity index (χ0) is 24.5. The first-order valence-electron chi connectivity index (χ1n) is 13.5. The monoisotopic (exact) mass is 470 g/mol. The molecule has 0 aromatic heterocycles. The van der Waals surface area contributed by atoms with Gasteiger partial charge in [0.1, 0.15) is 12.4 Å². The van der Waals surface area contributed by atoms with Gasteiger partial charge in [0.25, 0.3) is 0 Å². The maximum absolute atomic E-state index is 6.17. The third-order valence-electron chi connectivity index (χ3n) is 7.30. The van der Waals surface area contributed by atoms with Crippen molar-refractivity contribution >= 4 is 5.69 Å². The van der Waals surface area contributed by atoms with Gasteiger partial charge in [-0.2, -0.15) is 0 Å². The first kappa shape index (κ1) is 25.3. The topological polar surface area (TPSA) is 15.7 Å². The Morgan fingerprint density at radius 3 is 2.23 bits per heavy atom. The zero-order valence-electron chi connectivity index (χ0n) is 21.8. The smallest absolute Gasteiger partial charge is 0.121 e. The molecule has 1 fully saturated rings. The van der Waals surface area contributed by atoms with E-state index in [9.17, 15) is 0 Å². The molecule has 35 heavy (non-hydrogen) atoms. The van der Waals surface area contributed by atoms with Crippen LogP contribution < -0.4 is 9.64 Å². The van der Waals surface area contributed by atoms with Gasteiger partial charge in [0, 0.05) is 43.5 Å². The second kappa shape index (κ2) is 12.8. The Hall–Kier alpha value is -2.78. The highest BCUT2D eigenvalue weighted by Gasteiger charge is 2.28. The first-order valence-corrected chi connectivity index (χ1v) is 13.5. The number of hydrogen-bond donors (Lipinski definition) is 0. The van der Waals surface area contributed by atoms with E-state index in [1.165, 1.54) is 36.1 Å². The van der Waals surface area contributed by atoms with Crippen LogP contribution in [0.1, 0.15) is 63.6 Å². The highest BCUT2D eigenvalue weighted by Crippen LogP contribution is 2.32. The highest BCUT2D eigenvalue weighted by molar-refractivity contribution is 5.52. The number of rotatable bonds is 11. The van der Waals surface area contributed by atoms with Gasteiger partial charge in [-0.15, -0.1) is 0 Å². The summed E-state index contributed by atoms with van der Waals surface area (Å²) in [7, 11) is 0. The van der Waals surface area contributed by atoms with E-state index in [4.69, 9.17) is 4.74 Å². The summed E-state index contributed by atoms with van der Waals surface area (Å²) in [4.78, 5) is 5.36. The minimum atomic E-state index is 0.524. The van der Waals surface area contributed by atoms with Gasteiger partial charge in [0.2, 0.25) is 0 Å². The molecule has 3 aromatic carbocycles. The fraction of sp³-hybridized carbons (Fsp3) is 0.438. The van der Waals surface area contributed by atoms with Crippen molar-refractivity contribution in [1.82, 2.24) is 4.90 Å². The predicted molar refractivity (Wildman–Crippen MR) is 148 cm³/mol. The molecule has 3 aromatic rings. The number of nitrogens with zero attached hydrogens (tertiary/aromatic N) is 2. The molecule has 1 atom stereocenters. The molecular weight excluding hydrogens is 428 g/mol. The minimum absolute atomic E-state index is 0.524. The quantitative estimate of drug-likeness (QED) is 0.285. The second-order valence-corrected chi connectivity index (χ2v) is 10.2. The van der Waals surface area contributed by atoms with Crippen molar-refractivity contribution in [3.8, 4) is 5.75 Å². The van der Waals surface area contributed by atoms with Crippen LogP contribution in [0.5, 0.6) is 5.75 Å². The Balaban J connectivity index is 1.44. The van der Waals surface area contributed by atoms with E-state index >= 15 is 0 Å². The maximum Gasteiger partial charge on any atom is 0.121 e. The molecule has 1 aliphatic heterocycles. The Labute approximate surface area is 212 Å². The van der Waals surface area contributed by atoms with Crippen molar-refractivity contribution in [3.63, 3.8) is 0 Å². The molecule has 186 valence electrons. The van der Waals surface area contributed by atoms with E-state index in [0.717, 1.165) is 31.8 Å². The summed E-state index contributed by atoms with van der Waals surface area (Å²) < 4.78 is 6.17. The number of likely N-dealkylation sites (tertiary alicyclic amines) is 1. The van der Waals surface area contributed by atoms with E-state index in [1.807, 2.05) is 6.07 Å². The van der Waals surface area contributed by atoms with E-state index in [2.05, 4.69) is 109 Å². The van der Waals surface area contributed by atoms with Gasteiger partial charge in [-0.25, -0.2) is 0 Å². The first-order chi connectivity index (χ1) is 17.1. The van der Waals surface area contributed by atoms with Crippen LogP contribution in [-0.2, 0) is 6.61 Å². The van der Waals surface area contributed by atoms with Crippen LogP contribution in [0.3, 0.4) is 0 Å². The van der Waals surface area contributed by atoms with Crippen LogP contribution in [0.15, 0.2) is 84.9 Å². The molecule has 0 aliphatic carbocycles. The maximum atomic E-state index is 6.17. The third-order valence-corrected chi connectivity index (χ3v) is 7.30. The van der Waals surface area contributed by atoms with Crippen molar-refractivity contribution in [1.29, 1.82) is 0 Å². The summed E-state index contributed by atoms with van der Waals surface area (Å²) in [6.07, 6.45) is 4.77. The summed E-state index contributed by atoms with van der Waals surface area (Å²) >= 11 is 0. The average molecular weight is 471 g/mol. The van der Waals surface area contributed by atoms with Crippen LogP contribution in [0.2, 0.25) is 0 Å². The summed E-state index contributed by atoms with van der Waals surface area (Å²) in [5.74, 6) is 1.64. The molecule has 0 spiro atoms. The van der Waals surface area contributed by atoms with Gasteiger partial charge in [-0.3, -0.25) is 4.90 Å². The van der Waals surface area contributed by atoms with Gasteiger partial charge in [0.15, 0.2) is 0 Å². The van der Waals surface area contributed by atoms with Crippen LogP contribution in [0.4, 0.5) is 5.69 Å². The van der Waals surface area contributed by atoms with Crippen molar-refractivity contribution in [2.45, 2.75) is 65.1 Å². The van der Waals surface area contributed by atoms with Crippen molar-refractivity contribution in [2.24, 2.45) is 5.92 Å². The van der Waals surface area contributed by atoms with Gasteiger partial charge in [0.05, 0.1) is 0 Å². The highest BCUT2D eigenvalue weighted by atomic mass is 16.5. The van der Waals surface area contributed by atoms with Gasteiger partial charge >= 0.3 is 0 Å². The van der Waals surface area contributed by atoms with Gasteiger partial charge in [-0.1, -0.05) is 87.5 Å². The van der Waals surface area contributed by atoms with Crippen LogP contribution in [-0.4, -0.2) is 30.6 Å². The number of benzene rings is 3. The molecule has 4 rings (SSSR count). The molecule has 0 saturated carbocycles. The van der Waals surface area contributed by atoms with Gasteiger partial charge < -0.3 is 9.64 Å².